The predicted octanol–water partition coefficient (Wildman–Crippen LogP) is 2.86. The van der Waals surface area contributed by atoms with E-state index in [1.165, 1.54) is 6.26 Å². The molecule has 2 heterocycles. The SMILES string of the molecule is CC(C)(C)NC(=O)[C@H]1CSCN1C(=O)c1coc2ccccc12. The van der Waals surface area contributed by atoms with Crippen LogP contribution in [0.4, 0.5) is 0 Å². The van der Waals surface area contributed by atoms with Crippen molar-refractivity contribution in [1.29, 1.82) is 0 Å². The Morgan fingerprint density at radius 3 is 2.78 bits per heavy atom. The fraction of sp³-hybridized carbons (Fsp3) is 0.412. The molecule has 0 saturated carbocycles. The molecule has 1 aliphatic rings. The third-order valence-corrected chi connectivity index (χ3v) is 4.67. The van der Waals surface area contributed by atoms with Crippen LogP contribution in [0.2, 0.25) is 0 Å². The van der Waals surface area contributed by atoms with Crippen molar-refractivity contribution in [1.82, 2.24) is 10.2 Å². The third kappa shape index (κ3) is 3.22. The third-order valence-electron chi connectivity index (χ3n) is 3.66. The lowest BCUT2D eigenvalue weighted by atomic mass is 10.1. The summed E-state index contributed by atoms with van der Waals surface area (Å²) in [5, 5.41) is 3.74. The second-order valence-corrected chi connectivity index (χ2v) is 7.68. The van der Waals surface area contributed by atoms with E-state index in [0.29, 0.717) is 22.8 Å². The molecule has 0 unspecified atom stereocenters. The summed E-state index contributed by atoms with van der Waals surface area (Å²) in [6.07, 6.45) is 1.48. The zero-order chi connectivity index (χ0) is 16.6. The van der Waals surface area contributed by atoms with Crippen molar-refractivity contribution < 1.29 is 14.0 Å². The Hall–Kier alpha value is -1.95. The van der Waals surface area contributed by atoms with Gasteiger partial charge in [-0.15, -0.1) is 11.8 Å². The van der Waals surface area contributed by atoms with Crippen molar-refractivity contribution in [3.05, 3.63) is 36.1 Å². The van der Waals surface area contributed by atoms with Crippen LogP contribution in [-0.2, 0) is 4.79 Å². The first-order chi connectivity index (χ1) is 10.9. The lowest BCUT2D eigenvalue weighted by molar-refractivity contribution is -0.125. The molecule has 122 valence electrons. The average molecular weight is 332 g/mol. The summed E-state index contributed by atoms with van der Waals surface area (Å²) in [6.45, 7) is 5.80. The number of thioether (sulfide) groups is 1. The van der Waals surface area contributed by atoms with Gasteiger partial charge in [-0.05, 0) is 26.8 Å². The van der Waals surface area contributed by atoms with Crippen molar-refractivity contribution >= 4 is 34.5 Å². The first kappa shape index (κ1) is 15.9. The standard InChI is InChI=1S/C17H20N2O3S/c1-17(2,3)18-15(20)13-9-23-10-19(13)16(21)12-8-22-14-7-5-4-6-11(12)14/h4-8,13H,9-10H2,1-3H3,(H,18,20)/t13-/m1/s1. The molecule has 2 amide bonds. The number of rotatable bonds is 2. The molecule has 0 aliphatic carbocycles. The van der Waals surface area contributed by atoms with Crippen LogP contribution in [0.25, 0.3) is 11.0 Å². The monoisotopic (exact) mass is 332 g/mol. The summed E-state index contributed by atoms with van der Waals surface area (Å²) in [7, 11) is 0. The van der Waals surface area contributed by atoms with E-state index in [4.69, 9.17) is 4.42 Å². The molecule has 1 saturated heterocycles. The molecular formula is C17H20N2O3S. The average Bonchev–Trinajstić information content (AvgIpc) is 3.12. The van der Waals surface area contributed by atoms with Gasteiger partial charge >= 0.3 is 0 Å². The van der Waals surface area contributed by atoms with Gasteiger partial charge in [0.05, 0.1) is 11.4 Å². The quantitative estimate of drug-likeness (QED) is 0.918. The van der Waals surface area contributed by atoms with Crippen LogP contribution in [0, 0.1) is 0 Å². The highest BCUT2D eigenvalue weighted by Crippen LogP contribution is 2.28. The fourth-order valence-corrected chi connectivity index (χ4v) is 3.76. The van der Waals surface area contributed by atoms with Crippen molar-refractivity contribution in [2.75, 3.05) is 11.6 Å². The Labute approximate surface area is 139 Å². The zero-order valence-corrected chi connectivity index (χ0v) is 14.3. The van der Waals surface area contributed by atoms with E-state index in [1.54, 1.807) is 16.7 Å². The van der Waals surface area contributed by atoms with Crippen molar-refractivity contribution in [2.45, 2.75) is 32.4 Å². The van der Waals surface area contributed by atoms with Crippen molar-refractivity contribution in [3.63, 3.8) is 0 Å². The maximum absolute atomic E-state index is 12.9. The maximum atomic E-state index is 12.9. The van der Waals surface area contributed by atoms with Gasteiger partial charge in [0.15, 0.2) is 0 Å². The second kappa shape index (κ2) is 5.92. The van der Waals surface area contributed by atoms with Gasteiger partial charge in [0.2, 0.25) is 5.91 Å². The number of carbonyl (C=O) groups excluding carboxylic acids is 2. The Morgan fingerprint density at radius 2 is 2.04 bits per heavy atom. The first-order valence-electron chi connectivity index (χ1n) is 7.54. The van der Waals surface area contributed by atoms with E-state index in [-0.39, 0.29) is 17.4 Å². The van der Waals surface area contributed by atoms with E-state index < -0.39 is 6.04 Å². The molecule has 23 heavy (non-hydrogen) atoms. The summed E-state index contributed by atoms with van der Waals surface area (Å²) in [6, 6.07) is 6.98. The molecule has 1 fully saturated rings. The molecule has 6 heteroatoms. The number of benzene rings is 1. The van der Waals surface area contributed by atoms with Crippen LogP contribution < -0.4 is 5.32 Å². The van der Waals surface area contributed by atoms with Gasteiger partial charge in [-0.25, -0.2) is 0 Å². The molecular weight excluding hydrogens is 312 g/mol. The van der Waals surface area contributed by atoms with Crippen LogP contribution >= 0.6 is 11.8 Å². The van der Waals surface area contributed by atoms with Crippen molar-refractivity contribution in [3.8, 4) is 0 Å². The Balaban J connectivity index is 1.85. The molecule has 0 radical (unpaired) electrons. The van der Waals surface area contributed by atoms with Crippen LogP contribution in [-0.4, -0.2) is 39.9 Å². The zero-order valence-electron chi connectivity index (χ0n) is 13.5. The van der Waals surface area contributed by atoms with Gasteiger partial charge < -0.3 is 14.6 Å². The number of fused-ring (bicyclic) bond motifs is 1. The molecule has 1 atom stereocenters. The normalized spacial score (nSPS) is 18.4. The lowest BCUT2D eigenvalue weighted by Gasteiger charge is -2.27. The number of nitrogens with zero attached hydrogens (tertiary/aromatic N) is 1. The molecule has 1 aromatic carbocycles. The van der Waals surface area contributed by atoms with Crippen LogP contribution in [0.1, 0.15) is 31.1 Å². The number of para-hydroxylation sites is 1. The number of furan rings is 1. The predicted molar refractivity (Wildman–Crippen MR) is 91.4 cm³/mol. The lowest BCUT2D eigenvalue weighted by Crippen LogP contribution is -2.52. The number of hydrogen-bond acceptors (Lipinski definition) is 4. The van der Waals surface area contributed by atoms with E-state index in [9.17, 15) is 9.59 Å². The second-order valence-electron chi connectivity index (χ2n) is 6.68. The highest BCUT2D eigenvalue weighted by molar-refractivity contribution is 7.99. The summed E-state index contributed by atoms with van der Waals surface area (Å²) in [5.74, 6) is 0.863. The highest BCUT2D eigenvalue weighted by Gasteiger charge is 2.37. The van der Waals surface area contributed by atoms with E-state index >= 15 is 0 Å². The van der Waals surface area contributed by atoms with Gasteiger partial charge in [0.1, 0.15) is 17.9 Å². The number of nitrogens with one attached hydrogen (secondary N) is 1. The molecule has 1 aromatic heterocycles. The summed E-state index contributed by atoms with van der Waals surface area (Å²) < 4.78 is 5.45. The topological polar surface area (TPSA) is 62.6 Å². The Kier molecular flexibility index (Phi) is 4.10. The van der Waals surface area contributed by atoms with Crippen LogP contribution in [0.15, 0.2) is 34.9 Å². The highest BCUT2D eigenvalue weighted by atomic mass is 32.2. The number of carbonyl (C=O) groups is 2. The minimum absolute atomic E-state index is 0.108. The molecule has 0 spiro atoms. The summed E-state index contributed by atoms with van der Waals surface area (Å²) >= 11 is 1.59. The molecule has 0 bridgehead atoms. The fourth-order valence-electron chi connectivity index (χ4n) is 2.61. The van der Waals surface area contributed by atoms with Crippen LogP contribution in [0.5, 0.6) is 0 Å². The minimum atomic E-state index is -0.444. The van der Waals surface area contributed by atoms with Crippen LogP contribution in [0.3, 0.4) is 0 Å². The van der Waals surface area contributed by atoms with Gasteiger partial charge in [-0.1, -0.05) is 18.2 Å². The summed E-state index contributed by atoms with van der Waals surface area (Å²) in [5.41, 5.74) is 0.872. The van der Waals surface area contributed by atoms with E-state index in [0.717, 1.165) is 5.39 Å². The maximum Gasteiger partial charge on any atom is 0.259 e. The minimum Gasteiger partial charge on any atom is -0.463 e. The largest absolute Gasteiger partial charge is 0.463 e. The number of hydrogen-bond donors (Lipinski definition) is 1. The Bertz CT molecular complexity index is 748. The van der Waals surface area contributed by atoms with Crippen molar-refractivity contribution in [2.24, 2.45) is 0 Å². The van der Waals surface area contributed by atoms with E-state index in [2.05, 4.69) is 5.32 Å². The molecule has 5 nitrogen and oxygen atoms in total. The smallest absolute Gasteiger partial charge is 0.259 e. The summed E-state index contributed by atoms with van der Waals surface area (Å²) in [4.78, 5) is 27.0. The van der Waals surface area contributed by atoms with E-state index in [1.807, 2.05) is 45.0 Å². The molecule has 3 rings (SSSR count). The molecule has 1 N–H and O–H groups in total. The van der Waals surface area contributed by atoms with Gasteiger partial charge in [-0.2, -0.15) is 0 Å². The van der Waals surface area contributed by atoms with Gasteiger partial charge in [0.25, 0.3) is 5.91 Å². The van der Waals surface area contributed by atoms with Gasteiger partial charge in [-0.3, -0.25) is 9.59 Å². The van der Waals surface area contributed by atoms with Gasteiger partial charge in [0, 0.05) is 16.7 Å². The molecule has 2 aromatic rings. The number of amides is 2. The first-order valence-corrected chi connectivity index (χ1v) is 8.69. The Morgan fingerprint density at radius 1 is 1.30 bits per heavy atom. The molecule has 1 aliphatic heterocycles.